The smallest absolute Gasteiger partial charge is 0.163 e. The first-order chi connectivity index (χ1) is 15.9. The van der Waals surface area contributed by atoms with Gasteiger partial charge in [0.1, 0.15) is 0 Å². The fourth-order valence-electron chi connectivity index (χ4n) is 3.84. The van der Waals surface area contributed by atoms with Gasteiger partial charge in [-0.15, -0.1) is 0 Å². The first-order valence-electron chi connectivity index (χ1n) is 10.4. The fraction of sp³-hybridized carbons (Fsp3) is 0. The minimum absolute atomic E-state index is 0.737. The zero-order valence-corrected chi connectivity index (χ0v) is 17.1. The maximum atomic E-state index is 4.81. The molecular weight excluding hydrogens is 396 g/mol. The molecule has 0 fully saturated rings. The molecule has 0 aliphatic rings. The largest absolute Gasteiger partial charge is 0.226 e. The second-order valence-corrected chi connectivity index (χ2v) is 7.38. The highest BCUT2D eigenvalue weighted by Gasteiger charge is 2.14. The predicted octanol–water partition coefficient (Wildman–Crippen LogP) is 6.40. The lowest BCUT2D eigenvalue weighted by atomic mass is 10.2. The second-order valence-electron chi connectivity index (χ2n) is 7.38. The van der Waals surface area contributed by atoms with E-state index in [1.54, 1.807) is 9.35 Å². The molecule has 2 heterocycles. The van der Waals surface area contributed by atoms with Gasteiger partial charge < -0.3 is 0 Å². The van der Waals surface area contributed by atoms with Crippen LogP contribution in [-0.2, 0) is 0 Å². The minimum atomic E-state index is 0.737. The van der Waals surface area contributed by atoms with Crippen LogP contribution in [0.1, 0.15) is 0 Å². The van der Waals surface area contributed by atoms with Gasteiger partial charge in [0.15, 0.2) is 11.6 Å². The molecule has 32 heavy (non-hydrogen) atoms. The quantitative estimate of drug-likeness (QED) is 0.313. The summed E-state index contributed by atoms with van der Waals surface area (Å²) in [5.41, 5.74) is 5.46. The summed E-state index contributed by atoms with van der Waals surface area (Å²) < 4.78 is 3.57. The van der Waals surface area contributed by atoms with Crippen molar-refractivity contribution in [3.63, 3.8) is 0 Å². The highest BCUT2D eigenvalue weighted by Crippen LogP contribution is 2.27. The predicted molar refractivity (Wildman–Crippen MR) is 126 cm³/mol. The van der Waals surface area contributed by atoms with Crippen LogP contribution in [0, 0.1) is 0 Å². The molecule has 0 amide bonds. The maximum absolute atomic E-state index is 4.81. The molecule has 2 aromatic heterocycles. The Balaban J connectivity index is 1.57. The molecule has 0 atom stereocenters. The molecule has 6 nitrogen and oxygen atoms in total. The van der Waals surface area contributed by atoms with Crippen molar-refractivity contribution in [3.8, 4) is 22.8 Å². The molecule has 0 saturated carbocycles. The van der Waals surface area contributed by atoms with Gasteiger partial charge in [0, 0.05) is 11.1 Å². The van der Waals surface area contributed by atoms with Crippen molar-refractivity contribution in [1.29, 1.82) is 0 Å². The van der Waals surface area contributed by atoms with Crippen LogP contribution in [0.4, 0.5) is 0 Å². The van der Waals surface area contributed by atoms with Crippen LogP contribution in [0.15, 0.2) is 120 Å². The number of rotatable bonds is 4. The van der Waals surface area contributed by atoms with Gasteiger partial charge in [0.25, 0.3) is 0 Å². The average Bonchev–Trinajstić information content (AvgIpc) is 3.42. The van der Waals surface area contributed by atoms with Crippen LogP contribution in [0.25, 0.3) is 44.8 Å². The van der Waals surface area contributed by atoms with Gasteiger partial charge in [-0.1, -0.05) is 84.9 Å². The minimum Gasteiger partial charge on any atom is -0.226 e. The summed E-state index contributed by atoms with van der Waals surface area (Å²) in [6, 6.07) is 35.9. The molecule has 0 aliphatic heterocycles. The molecule has 152 valence electrons. The van der Waals surface area contributed by atoms with E-state index in [0.29, 0.717) is 0 Å². The highest BCUT2D eigenvalue weighted by atomic mass is 15.6. The molecule has 0 radical (unpaired) electrons. The Labute approximate surface area is 184 Å². The van der Waals surface area contributed by atoms with E-state index < -0.39 is 0 Å². The maximum Gasteiger partial charge on any atom is 0.163 e. The number of hydrogen-bond donors (Lipinski definition) is 0. The highest BCUT2D eigenvalue weighted by molar-refractivity contribution is 5.81. The molecule has 4 aromatic carbocycles. The zero-order chi connectivity index (χ0) is 21.3. The topological polar surface area (TPSA) is 60.4 Å². The SMILES string of the molecule is c1ccc(-c2nc3ccccc3n2/N=N/n2c(-c3ccccc3)nc3ccccc32)cc1. The zero-order valence-electron chi connectivity index (χ0n) is 17.1. The molecule has 0 bridgehead atoms. The summed E-state index contributed by atoms with van der Waals surface area (Å²) in [6.07, 6.45) is 0. The van der Waals surface area contributed by atoms with Crippen molar-refractivity contribution < 1.29 is 0 Å². The lowest BCUT2D eigenvalue weighted by Gasteiger charge is -2.04. The van der Waals surface area contributed by atoms with Crippen molar-refractivity contribution in [1.82, 2.24) is 19.3 Å². The fourth-order valence-corrected chi connectivity index (χ4v) is 3.84. The summed E-state index contributed by atoms with van der Waals surface area (Å²) in [5.74, 6) is 1.47. The molecule has 0 N–H and O–H groups in total. The van der Waals surface area contributed by atoms with Crippen LogP contribution in [0.2, 0.25) is 0 Å². The van der Waals surface area contributed by atoms with Crippen LogP contribution in [-0.4, -0.2) is 19.3 Å². The van der Waals surface area contributed by atoms with Crippen LogP contribution < -0.4 is 0 Å². The van der Waals surface area contributed by atoms with E-state index in [0.717, 1.165) is 44.8 Å². The molecule has 0 aliphatic carbocycles. The van der Waals surface area contributed by atoms with E-state index in [4.69, 9.17) is 9.97 Å². The molecule has 6 aromatic rings. The summed E-state index contributed by atoms with van der Waals surface area (Å²) in [5, 5.41) is 9.30. The van der Waals surface area contributed by atoms with Crippen molar-refractivity contribution in [3.05, 3.63) is 109 Å². The molecule has 6 heteroatoms. The number of para-hydroxylation sites is 4. The lowest BCUT2D eigenvalue weighted by Crippen LogP contribution is -1.96. The van der Waals surface area contributed by atoms with E-state index in [9.17, 15) is 0 Å². The Hall–Kier alpha value is -4.58. The Bertz CT molecular complexity index is 1440. The first kappa shape index (κ1) is 18.2. The van der Waals surface area contributed by atoms with Crippen molar-refractivity contribution in [2.24, 2.45) is 10.4 Å². The van der Waals surface area contributed by atoms with Crippen LogP contribution >= 0.6 is 0 Å². The summed E-state index contributed by atoms with van der Waals surface area (Å²) in [6.45, 7) is 0. The van der Waals surface area contributed by atoms with E-state index in [2.05, 4.69) is 10.4 Å². The van der Waals surface area contributed by atoms with Gasteiger partial charge in [-0.05, 0) is 34.7 Å². The Morgan fingerprint density at radius 2 is 0.812 bits per heavy atom. The summed E-state index contributed by atoms with van der Waals surface area (Å²) in [7, 11) is 0. The van der Waals surface area contributed by atoms with Gasteiger partial charge in [-0.2, -0.15) is 9.35 Å². The third-order valence-corrected chi connectivity index (χ3v) is 5.36. The molecular formula is C26H18N6. The van der Waals surface area contributed by atoms with Gasteiger partial charge in [-0.25, -0.2) is 9.97 Å². The lowest BCUT2D eigenvalue weighted by molar-refractivity contribution is 0.721. The van der Waals surface area contributed by atoms with Gasteiger partial charge in [-0.3, -0.25) is 0 Å². The van der Waals surface area contributed by atoms with Gasteiger partial charge >= 0.3 is 0 Å². The number of aromatic nitrogens is 4. The number of benzene rings is 4. The van der Waals surface area contributed by atoms with Crippen LogP contribution in [0.3, 0.4) is 0 Å². The Kier molecular flexibility index (Phi) is 4.32. The Morgan fingerprint density at radius 3 is 1.25 bits per heavy atom. The van der Waals surface area contributed by atoms with Crippen molar-refractivity contribution in [2.45, 2.75) is 0 Å². The molecule has 0 saturated heterocycles. The molecule has 6 rings (SSSR count). The van der Waals surface area contributed by atoms with E-state index in [1.165, 1.54) is 0 Å². The van der Waals surface area contributed by atoms with E-state index in [-0.39, 0.29) is 0 Å². The van der Waals surface area contributed by atoms with E-state index in [1.807, 2.05) is 109 Å². The summed E-state index contributed by atoms with van der Waals surface area (Å²) in [4.78, 5) is 9.62. The van der Waals surface area contributed by atoms with Crippen molar-refractivity contribution >= 4 is 22.1 Å². The molecule has 0 spiro atoms. The van der Waals surface area contributed by atoms with Crippen molar-refractivity contribution in [2.75, 3.05) is 0 Å². The standard InChI is InChI=1S/C26H18N6/c1-3-11-19(12-4-1)25-27-21-15-7-9-17-23(21)31(25)29-30-32-24-18-10-8-16-22(24)28-26(32)20-13-5-2-6-14-20/h1-18H/b30-29+. The summed E-state index contributed by atoms with van der Waals surface area (Å²) >= 11 is 0. The monoisotopic (exact) mass is 414 g/mol. The number of fused-ring (bicyclic) bond motifs is 2. The average molecular weight is 414 g/mol. The van der Waals surface area contributed by atoms with E-state index >= 15 is 0 Å². The van der Waals surface area contributed by atoms with Gasteiger partial charge in [0.2, 0.25) is 0 Å². The number of nitrogens with zero attached hydrogens (tertiary/aromatic N) is 6. The number of hydrogen-bond acceptors (Lipinski definition) is 4. The van der Waals surface area contributed by atoms with Crippen LogP contribution in [0.5, 0.6) is 0 Å². The Morgan fingerprint density at radius 1 is 0.438 bits per heavy atom. The van der Waals surface area contributed by atoms with Gasteiger partial charge in [0.05, 0.1) is 22.1 Å². The third kappa shape index (κ3) is 3.06. The normalized spacial score (nSPS) is 11.6. The first-order valence-corrected chi connectivity index (χ1v) is 10.4. The second kappa shape index (κ2) is 7.59. The third-order valence-electron chi connectivity index (χ3n) is 5.36. The number of imidazole rings is 2. The molecule has 0 unspecified atom stereocenters.